The van der Waals surface area contributed by atoms with Crippen molar-refractivity contribution < 1.29 is 22.7 Å². The van der Waals surface area contributed by atoms with Crippen LogP contribution in [0.4, 0.5) is 0 Å². The van der Waals surface area contributed by atoms with E-state index in [-0.39, 0.29) is 36.2 Å². The number of ether oxygens (including phenoxy) is 1. The van der Waals surface area contributed by atoms with Crippen LogP contribution in [0, 0.1) is 0 Å². The fourth-order valence-corrected chi connectivity index (χ4v) is 5.69. The second kappa shape index (κ2) is 15.1. The molecule has 0 saturated carbocycles. The van der Waals surface area contributed by atoms with Gasteiger partial charge in [0.25, 0.3) is 0 Å². The predicted molar refractivity (Wildman–Crippen MR) is 164 cm³/mol. The van der Waals surface area contributed by atoms with Crippen molar-refractivity contribution in [3.05, 3.63) is 126 Å². The average molecular weight is 601 g/mol. The maximum Gasteiger partial charge on any atom is 0.247 e. The first kappa shape index (κ1) is 31.4. The quantitative estimate of drug-likeness (QED) is 0.222. The molecule has 0 fully saturated rings. The Balaban J connectivity index is 1.60. The molecule has 9 nitrogen and oxygen atoms in total. The smallest absolute Gasteiger partial charge is 0.247 e. The molecule has 224 valence electrons. The number of methoxy groups -OCH3 is 1. The van der Waals surface area contributed by atoms with Gasteiger partial charge in [0.2, 0.25) is 21.8 Å². The summed E-state index contributed by atoms with van der Waals surface area (Å²) in [7, 11) is -1.98. The van der Waals surface area contributed by atoms with E-state index in [1.54, 1.807) is 43.5 Å². The van der Waals surface area contributed by atoms with Crippen LogP contribution < -0.4 is 14.8 Å². The van der Waals surface area contributed by atoms with Gasteiger partial charge in [-0.2, -0.15) is 0 Å². The monoisotopic (exact) mass is 600 g/mol. The van der Waals surface area contributed by atoms with Crippen LogP contribution in [-0.4, -0.2) is 43.8 Å². The fourth-order valence-electron chi connectivity index (χ4n) is 4.65. The summed E-state index contributed by atoms with van der Waals surface area (Å²) in [6, 6.07) is 25.9. The normalized spacial score (nSPS) is 11.9. The minimum absolute atomic E-state index is 0.121. The fraction of sp³-hybridized carbons (Fsp3) is 0.242. The minimum atomic E-state index is -3.57. The molecule has 0 aliphatic heterocycles. The van der Waals surface area contributed by atoms with Gasteiger partial charge in [0, 0.05) is 38.4 Å². The van der Waals surface area contributed by atoms with Crippen molar-refractivity contribution in [2.45, 2.75) is 43.8 Å². The van der Waals surface area contributed by atoms with Gasteiger partial charge in [-0.3, -0.25) is 14.6 Å². The van der Waals surface area contributed by atoms with E-state index in [4.69, 9.17) is 4.74 Å². The van der Waals surface area contributed by atoms with Gasteiger partial charge in [-0.15, -0.1) is 0 Å². The zero-order chi connectivity index (χ0) is 30.7. The van der Waals surface area contributed by atoms with Crippen molar-refractivity contribution in [2.24, 2.45) is 0 Å². The summed E-state index contributed by atoms with van der Waals surface area (Å²) in [6.07, 6.45) is 3.83. The number of benzene rings is 3. The van der Waals surface area contributed by atoms with Crippen LogP contribution in [0.5, 0.6) is 5.75 Å². The Hall–Kier alpha value is -4.54. The van der Waals surface area contributed by atoms with E-state index in [9.17, 15) is 18.0 Å². The molecule has 43 heavy (non-hydrogen) atoms. The number of aromatic nitrogens is 1. The van der Waals surface area contributed by atoms with Crippen LogP contribution in [0.1, 0.15) is 41.6 Å². The molecule has 2 amide bonds. The Morgan fingerprint density at radius 3 is 2.14 bits per heavy atom. The first-order chi connectivity index (χ1) is 20.8. The lowest BCUT2D eigenvalue weighted by Crippen LogP contribution is -2.43. The lowest BCUT2D eigenvalue weighted by atomic mass is 10.0. The summed E-state index contributed by atoms with van der Waals surface area (Å²) in [6.45, 7) is 2.50. The number of hydrogen-bond acceptors (Lipinski definition) is 6. The number of aryl methyl sites for hydroxylation is 1. The molecule has 2 N–H and O–H groups in total. The summed E-state index contributed by atoms with van der Waals surface area (Å²) in [4.78, 5) is 33.6. The van der Waals surface area contributed by atoms with E-state index >= 15 is 0 Å². The second-order valence-electron chi connectivity index (χ2n) is 9.90. The van der Waals surface area contributed by atoms with Gasteiger partial charge >= 0.3 is 0 Å². The van der Waals surface area contributed by atoms with Gasteiger partial charge in [0.05, 0.1) is 12.0 Å². The first-order valence-electron chi connectivity index (χ1n) is 14.0. The summed E-state index contributed by atoms with van der Waals surface area (Å²) < 4.78 is 32.4. The molecule has 0 bridgehead atoms. The summed E-state index contributed by atoms with van der Waals surface area (Å²) in [5.74, 6) is 0.173. The number of sulfonamides is 1. The van der Waals surface area contributed by atoms with Gasteiger partial charge in [-0.25, -0.2) is 13.1 Å². The van der Waals surface area contributed by atoms with E-state index in [1.165, 1.54) is 12.1 Å². The molecule has 1 atom stereocenters. The van der Waals surface area contributed by atoms with Crippen LogP contribution in [0.2, 0.25) is 0 Å². The number of carbonyl (C=O) groups excluding carboxylic acids is 2. The van der Waals surface area contributed by atoms with Gasteiger partial charge < -0.3 is 15.0 Å². The average Bonchev–Trinajstić information content (AvgIpc) is 3.04. The van der Waals surface area contributed by atoms with Gasteiger partial charge in [0.15, 0.2) is 0 Å². The molecule has 0 aliphatic carbocycles. The number of pyridine rings is 1. The molecule has 10 heteroatoms. The Bertz CT molecular complexity index is 1580. The van der Waals surface area contributed by atoms with Crippen LogP contribution in [0.15, 0.2) is 108 Å². The number of nitrogens with zero attached hydrogens (tertiary/aromatic N) is 2. The van der Waals surface area contributed by atoms with Crippen LogP contribution in [-0.2, 0) is 39.1 Å². The predicted octanol–water partition coefficient (Wildman–Crippen LogP) is 4.41. The highest BCUT2D eigenvalue weighted by Gasteiger charge is 2.31. The first-order valence-corrected chi connectivity index (χ1v) is 15.5. The van der Waals surface area contributed by atoms with E-state index in [0.717, 1.165) is 16.7 Å². The molecule has 4 aromatic rings. The highest BCUT2D eigenvalue weighted by molar-refractivity contribution is 7.89. The summed E-state index contributed by atoms with van der Waals surface area (Å²) in [5, 5.41) is 3.00. The minimum Gasteiger partial charge on any atom is -0.497 e. The summed E-state index contributed by atoms with van der Waals surface area (Å²) in [5.41, 5.74) is 3.24. The van der Waals surface area contributed by atoms with Gasteiger partial charge in [-0.05, 0) is 65.1 Å². The molecule has 1 heterocycles. The Morgan fingerprint density at radius 2 is 1.51 bits per heavy atom. The highest BCUT2D eigenvalue weighted by atomic mass is 32.2. The summed E-state index contributed by atoms with van der Waals surface area (Å²) >= 11 is 0. The van der Waals surface area contributed by atoms with E-state index in [0.29, 0.717) is 24.3 Å². The van der Waals surface area contributed by atoms with Crippen LogP contribution >= 0.6 is 0 Å². The Morgan fingerprint density at radius 1 is 0.860 bits per heavy atom. The zero-order valence-electron chi connectivity index (χ0n) is 24.3. The molecular weight excluding hydrogens is 564 g/mol. The molecular formula is C33H36N4O5S. The van der Waals surface area contributed by atoms with Crippen molar-refractivity contribution in [2.75, 3.05) is 13.7 Å². The third kappa shape index (κ3) is 8.73. The largest absolute Gasteiger partial charge is 0.497 e. The standard InChI is InChI=1S/C33H36N4O5S/c1-3-36-43(40,41)30-16-11-25(12-17-30)13-18-31(38)37(24-27-9-14-29(42-2)15-10-27)32(28-7-5-4-6-8-28)33(39)35-23-26-19-21-34-22-20-26/h4-12,14-17,19-22,32,36H,3,13,18,23-24H2,1-2H3,(H,35,39)/t32-/m0/s1. The number of nitrogens with one attached hydrogen (secondary N) is 2. The number of carbonyl (C=O) groups is 2. The molecule has 4 rings (SSSR count). The van der Waals surface area contributed by atoms with Crippen molar-refractivity contribution in [3.8, 4) is 5.75 Å². The maximum absolute atomic E-state index is 14.0. The molecule has 0 radical (unpaired) electrons. The molecule has 0 spiro atoms. The molecule has 3 aromatic carbocycles. The molecule has 1 aromatic heterocycles. The van der Waals surface area contributed by atoms with Gasteiger partial charge in [0.1, 0.15) is 11.8 Å². The van der Waals surface area contributed by atoms with Crippen LogP contribution in [0.25, 0.3) is 0 Å². The van der Waals surface area contributed by atoms with Gasteiger partial charge in [-0.1, -0.05) is 61.5 Å². The maximum atomic E-state index is 14.0. The van der Waals surface area contributed by atoms with E-state index in [2.05, 4.69) is 15.0 Å². The van der Waals surface area contributed by atoms with E-state index in [1.807, 2.05) is 66.7 Å². The SMILES string of the molecule is CCNS(=O)(=O)c1ccc(CCC(=O)N(Cc2ccc(OC)cc2)[C@H](C(=O)NCc2ccncc2)c2ccccc2)cc1. The Kier molecular flexibility index (Phi) is 11.0. The lowest BCUT2D eigenvalue weighted by molar-refractivity contribution is -0.141. The van der Waals surface area contributed by atoms with Crippen molar-refractivity contribution in [1.29, 1.82) is 0 Å². The number of hydrogen-bond donors (Lipinski definition) is 2. The topological polar surface area (TPSA) is 118 Å². The van der Waals surface area contributed by atoms with E-state index < -0.39 is 16.1 Å². The lowest BCUT2D eigenvalue weighted by Gasteiger charge is -2.32. The molecule has 0 unspecified atom stereocenters. The highest BCUT2D eigenvalue weighted by Crippen LogP contribution is 2.26. The van der Waals surface area contributed by atoms with Crippen LogP contribution in [0.3, 0.4) is 0 Å². The van der Waals surface area contributed by atoms with Crippen molar-refractivity contribution >= 4 is 21.8 Å². The third-order valence-corrected chi connectivity index (χ3v) is 8.48. The van der Waals surface area contributed by atoms with Crippen molar-refractivity contribution in [1.82, 2.24) is 19.9 Å². The number of rotatable bonds is 14. The third-order valence-electron chi connectivity index (χ3n) is 6.92. The Labute approximate surface area is 253 Å². The molecule has 0 aliphatic rings. The van der Waals surface area contributed by atoms with Crippen molar-refractivity contribution in [3.63, 3.8) is 0 Å². The number of amides is 2. The zero-order valence-corrected chi connectivity index (χ0v) is 25.1. The molecule has 0 saturated heterocycles. The second-order valence-corrected chi connectivity index (χ2v) is 11.7.